The van der Waals surface area contributed by atoms with Crippen LogP contribution in [0.4, 0.5) is 10.5 Å². The minimum atomic E-state index is -4.42. The first kappa shape index (κ1) is 22.1. The molecule has 1 unspecified atom stereocenters. The Kier molecular flexibility index (Phi) is 7.04. The molecule has 0 radical (unpaired) electrons. The molecule has 152 valence electrons. The number of sulfonamides is 1. The minimum Gasteiger partial charge on any atom is -0.356 e. The summed E-state index contributed by atoms with van der Waals surface area (Å²) in [5.41, 5.74) is -0.987. The van der Waals surface area contributed by atoms with E-state index in [4.69, 9.17) is 16.3 Å². The maximum atomic E-state index is 12.7. The van der Waals surface area contributed by atoms with Crippen LogP contribution < -0.4 is 20.7 Å². The fourth-order valence-electron chi connectivity index (χ4n) is 2.12. The van der Waals surface area contributed by atoms with E-state index in [0.29, 0.717) is 0 Å². The van der Waals surface area contributed by atoms with Gasteiger partial charge in [-0.05, 0) is 25.1 Å². The van der Waals surface area contributed by atoms with Crippen LogP contribution in [0.25, 0.3) is 0 Å². The number of alkyl halides is 1. The lowest BCUT2D eigenvalue weighted by Gasteiger charge is -2.29. The van der Waals surface area contributed by atoms with Crippen molar-refractivity contribution in [1.82, 2.24) is 15.4 Å². The maximum absolute atomic E-state index is 12.7. The number of nitrogens with zero attached hydrogens (tertiary/aromatic N) is 1. The SMILES string of the molecule is COC1(C)C=CN=C(NC(=O)NS(=O)(=O)c2c(Cl)cccc2NC(=O)CBr)N1. The Hall–Kier alpha value is -2.15. The Labute approximate surface area is 174 Å². The number of hydrogen-bond donors (Lipinski definition) is 4. The first-order valence-electron chi connectivity index (χ1n) is 7.67. The summed E-state index contributed by atoms with van der Waals surface area (Å²) in [5, 5.41) is 7.22. The molecule has 0 fully saturated rings. The molecule has 1 atom stereocenters. The number of carbonyl (C=O) groups excluding carboxylic acids is 2. The topological polar surface area (TPSA) is 138 Å². The number of carbonyl (C=O) groups is 2. The Morgan fingerprint density at radius 2 is 2.07 bits per heavy atom. The van der Waals surface area contributed by atoms with Crippen molar-refractivity contribution in [3.63, 3.8) is 0 Å². The summed E-state index contributed by atoms with van der Waals surface area (Å²) in [5.74, 6) is -0.513. The molecule has 2 rings (SSSR count). The van der Waals surface area contributed by atoms with Gasteiger partial charge in [0, 0.05) is 13.3 Å². The van der Waals surface area contributed by atoms with Crippen LogP contribution >= 0.6 is 27.5 Å². The van der Waals surface area contributed by atoms with E-state index in [1.165, 1.54) is 31.5 Å². The molecule has 1 aromatic rings. The number of methoxy groups -OCH3 is 1. The molecule has 0 spiro atoms. The number of hydrogen-bond acceptors (Lipinski definition) is 7. The second kappa shape index (κ2) is 8.90. The Morgan fingerprint density at radius 1 is 1.36 bits per heavy atom. The molecule has 0 saturated heterocycles. The van der Waals surface area contributed by atoms with E-state index in [0.717, 1.165) is 0 Å². The predicted octanol–water partition coefficient (Wildman–Crippen LogP) is 1.50. The Bertz CT molecular complexity index is 952. The highest BCUT2D eigenvalue weighted by Crippen LogP contribution is 2.29. The summed E-state index contributed by atoms with van der Waals surface area (Å²) in [6, 6.07) is 3.04. The van der Waals surface area contributed by atoms with Gasteiger partial charge < -0.3 is 15.4 Å². The summed E-state index contributed by atoms with van der Waals surface area (Å²) in [6.07, 6.45) is 3.00. The Morgan fingerprint density at radius 3 is 2.71 bits per heavy atom. The zero-order valence-electron chi connectivity index (χ0n) is 14.7. The average molecular weight is 495 g/mol. The molecule has 1 aliphatic rings. The predicted molar refractivity (Wildman–Crippen MR) is 108 cm³/mol. The molecule has 3 amide bonds. The third-order valence-electron chi connectivity index (χ3n) is 3.48. The van der Waals surface area contributed by atoms with Crippen LogP contribution in [0.5, 0.6) is 0 Å². The van der Waals surface area contributed by atoms with Crippen LogP contribution in [0.3, 0.4) is 0 Å². The van der Waals surface area contributed by atoms with Crippen LogP contribution in [0.15, 0.2) is 40.4 Å². The summed E-state index contributed by atoms with van der Waals surface area (Å²) in [7, 11) is -2.97. The van der Waals surface area contributed by atoms with Crippen LogP contribution in [-0.2, 0) is 19.6 Å². The number of halogens is 2. The van der Waals surface area contributed by atoms with Gasteiger partial charge in [-0.15, -0.1) is 0 Å². The quantitative estimate of drug-likeness (QED) is 0.458. The number of urea groups is 1. The third kappa shape index (κ3) is 5.44. The maximum Gasteiger partial charge on any atom is 0.335 e. The number of rotatable bonds is 5. The standard InChI is InChI=1S/C15H17BrClN5O5S/c1-15(27-2)6-7-18-13(21-15)20-14(24)22-28(25,26)12-9(17)4-3-5-10(12)19-11(23)8-16/h3-7H,8H2,1-2H3,(H,19,23)(H3,18,20,21,22,24). The highest BCUT2D eigenvalue weighted by molar-refractivity contribution is 9.09. The van der Waals surface area contributed by atoms with Gasteiger partial charge in [0.25, 0.3) is 10.0 Å². The second-order valence-electron chi connectivity index (χ2n) is 5.59. The van der Waals surface area contributed by atoms with E-state index in [1.54, 1.807) is 13.0 Å². The van der Waals surface area contributed by atoms with Crippen molar-refractivity contribution < 1.29 is 22.7 Å². The molecular weight excluding hydrogens is 478 g/mol. The molecule has 28 heavy (non-hydrogen) atoms. The van der Waals surface area contributed by atoms with Crippen molar-refractivity contribution in [2.24, 2.45) is 4.99 Å². The van der Waals surface area contributed by atoms with Gasteiger partial charge >= 0.3 is 6.03 Å². The lowest BCUT2D eigenvalue weighted by molar-refractivity contribution is -0.113. The summed E-state index contributed by atoms with van der Waals surface area (Å²) in [6.45, 7) is 1.68. The van der Waals surface area contributed by atoms with Gasteiger partial charge in [0.1, 0.15) is 4.90 Å². The smallest absolute Gasteiger partial charge is 0.335 e. The highest BCUT2D eigenvalue weighted by atomic mass is 79.9. The number of aliphatic imine (C=N–C) groups is 1. The van der Waals surface area contributed by atoms with Crippen molar-refractivity contribution in [2.45, 2.75) is 17.5 Å². The van der Waals surface area contributed by atoms with Crippen LogP contribution in [0, 0.1) is 0 Å². The van der Waals surface area contributed by atoms with E-state index in [2.05, 4.69) is 36.9 Å². The molecule has 10 nitrogen and oxygen atoms in total. The van der Waals surface area contributed by atoms with Gasteiger partial charge in [0.15, 0.2) is 5.72 Å². The number of benzene rings is 1. The van der Waals surface area contributed by atoms with E-state index in [-0.39, 0.29) is 22.0 Å². The van der Waals surface area contributed by atoms with E-state index in [1.807, 2.05) is 4.72 Å². The monoisotopic (exact) mass is 493 g/mol. The van der Waals surface area contributed by atoms with Gasteiger partial charge in [-0.1, -0.05) is 33.6 Å². The highest BCUT2D eigenvalue weighted by Gasteiger charge is 2.28. The number of amides is 3. The summed E-state index contributed by atoms with van der Waals surface area (Å²) in [4.78, 5) is 27.2. The zero-order chi connectivity index (χ0) is 20.9. The number of ether oxygens (including phenoxy) is 1. The van der Waals surface area contributed by atoms with E-state index < -0.39 is 32.6 Å². The van der Waals surface area contributed by atoms with Crippen LogP contribution in [0.2, 0.25) is 5.02 Å². The molecule has 0 aliphatic carbocycles. The van der Waals surface area contributed by atoms with Crippen molar-refractivity contribution in [3.8, 4) is 0 Å². The van der Waals surface area contributed by atoms with Gasteiger partial charge in [-0.3, -0.25) is 10.1 Å². The van der Waals surface area contributed by atoms with Crippen molar-refractivity contribution in [2.75, 3.05) is 17.8 Å². The fraction of sp³-hybridized carbons (Fsp3) is 0.267. The molecule has 4 N–H and O–H groups in total. The molecule has 0 aromatic heterocycles. The van der Waals surface area contributed by atoms with E-state index >= 15 is 0 Å². The normalized spacial score (nSPS) is 18.6. The lowest BCUT2D eigenvalue weighted by atomic mass is 10.2. The Balaban J connectivity index is 2.20. The minimum absolute atomic E-state index is 0.0217. The molecule has 0 bridgehead atoms. The molecular formula is C15H17BrClN5O5S. The van der Waals surface area contributed by atoms with Crippen molar-refractivity contribution in [3.05, 3.63) is 35.5 Å². The van der Waals surface area contributed by atoms with Gasteiger partial charge in [-0.25, -0.2) is 22.9 Å². The molecule has 1 aliphatic heterocycles. The fourth-order valence-corrected chi connectivity index (χ4v) is 3.87. The zero-order valence-corrected chi connectivity index (χ0v) is 17.9. The number of guanidine groups is 1. The first-order valence-corrected chi connectivity index (χ1v) is 10.7. The van der Waals surface area contributed by atoms with Gasteiger partial charge in [-0.2, -0.15) is 0 Å². The average Bonchev–Trinajstić information content (AvgIpc) is 2.60. The lowest BCUT2D eigenvalue weighted by Crippen LogP contribution is -2.55. The van der Waals surface area contributed by atoms with Gasteiger partial charge in [0.2, 0.25) is 11.9 Å². The second-order valence-corrected chi connectivity index (χ2v) is 8.17. The summed E-state index contributed by atoms with van der Waals surface area (Å²) >= 11 is 8.96. The molecule has 0 saturated carbocycles. The summed E-state index contributed by atoms with van der Waals surface area (Å²) < 4.78 is 32.4. The third-order valence-corrected chi connectivity index (χ3v) is 5.84. The van der Waals surface area contributed by atoms with Crippen molar-refractivity contribution in [1.29, 1.82) is 0 Å². The molecule has 13 heteroatoms. The van der Waals surface area contributed by atoms with Crippen molar-refractivity contribution >= 4 is 61.1 Å². The largest absolute Gasteiger partial charge is 0.356 e. The number of anilines is 1. The number of nitrogens with one attached hydrogen (secondary N) is 4. The van der Waals surface area contributed by atoms with Crippen LogP contribution in [-0.4, -0.2) is 44.5 Å². The van der Waals surface area contributed by atoms with Crippen LogP contribution in [0.1, 0.15) is 6.92 Å². The van der Waals surface area contributed by atoms with Gasteiger partial charge in [0.05, 0.1) is 16.0 Å². The molecule has 1 aromatic carbocycles. The van der Waals surface area contributed by atoms with E-state index in [9.17, 15) is 18.0 Å². The molecule has 1 heterocycles. The first-order chi connectivity index (χ1) is 13.1.